The van der Waals surface area contributed by atoms with Gasteiger partial charge in [0.2, 0.25) is 0 Å². The molecule has 0 fully saturated rings. The highest BCUT2D eigenvalue weighted by Crippen LogP contribution is 1.84. The Balaban J connectivity index is 3.17. The van der Waals surface area contributed by atoms with E-state index >= 15 is 0 Å². The van der Waals surface area contributed by atoms with Crippen LogP contribution in [0.2, 0.25) is 0 Å². The van der Waals surface area contributed by atoms with Crippen LogP contribution in [0.3, 0.4) is 0 Å². The molecular formula is C8H19N2. The molecule has 0 aromatic carbocycles. The molecule has 0 heterocycles. The first-order chi connectivity index (χ1) is 4.70. The molecular weight excluding hydrogens is 124 g/mol. The monoisotopic (exact) mass is 143 g/mol. The smallest absolute Gasteiger partial charge is 0.0106 e. The van der Waals surface area contributed by atoms with Gasteiger partial charge in [0.15, 0.2) is 0 Å². The van der Waals surface area contributed by atoms with Crippen LogP contribution in [0.15, 0.2) is 0 Å². The molecule has 0 unspecified atom stereocenters. The van der Waals surface area contributed by atoms with E-state index in [1.807, 2.05) is 0 Å². The summed E-state index contributed by atoms with van der Waals surface area (Å²) in [5.41, 5.74) is 0. The fourth-order valence-electron chi connectivity index (χ4n) is 0.611. The molecule has 0 aliphatic rings. The summed E-state index contributed by atoms with van der Waals surface area (Å²) in [5.74, 6) is 0. The van der Waals surface area contributed by atoms with Crippen molar-refractivity contribution in [3.63, 3.8) is 0 Å². The van der Waals surface area contributed by atoms with Gasteiger partial charge >= 0.3 is 0 Å². The van der Waals surface area contributed by atoms with Gasteiger partial charge in [0, 0.05) is 13.1 Å². The van der Waals surface area contributed by atoms with Gasteiger partial charge in [-0.15, -0.1) is 0 Å². The SMILES string of the molecule is [CH2]CN(C)CCN(C)CC. The van der Waals surface area contributed by atoms with Crippen molar-refractivity contribution in [1.29, 1.82) is 0 Å². The summed E-state index contributed by atoms with van der Waals surface area (Å²) in [5, 5.41) is 0. The Hall–Kier alpha value is -0.0800. The number of hydrogen-bond acceptors (Lipinski definition) is 2. The molecule has 0 saturated carbocycles. The summed E-state index contributed by atoms with van der Waals surface area (Å²) in [6, 6.07) is 0. The van der Waals surface area contributed by atoms with Gasteiger partial charge in [-0.2, -0.15) is 0 Å². The van der Waals surface area contributed by atoms with E-state index in [-0.39, 0.29) is 0 Å². The average Bonchev–Trinajstić information content (AvgIpc) is 1.99. The molecule has 0 bridgehead atoms. The van der Waals surface area contributed by atoms with Gasteiger partial charge in [-0.1, -0.05) is 6.92 Å². The number of hydrogen-bond donors (Lipinski definition) is 0. The average molecular weight is 143 g/mol. The van der Waals surface area contributed by atoms with Crippen molar-refractivity contribution in [3.05, 3.63) is 6.92 Å². The van der Waals surface area contributed by atoms with Crippen LogP contribution in [0.25, 0.3) is 0 Å². The standard InChI is InChI=1S/C8H19N2/c1-5-9(3)7-8-10(4)6-2/h1,5-8H2,2-4H3. The van der Waals surface area contributed by atoms with Crippen LogP contribution in [0.4, 0.5) is 0 Å². The number of likely N-dealkylation sites (N-methyl/N-ethyl adjacent to an activating group) is 2. The highest BCUT2D eigenvalue weighted by molar-refractivity contribution is 4.55. The lowest BCUT2D eigenvalue weighted by Crippen LogP contribution is -2.30. The van der Waals surface area contributed by atoms with E-state index in [1.165, 1.54) is 0 Å². The first kappa shape index (κ1) is 9.92. The zero-order chi connectivity index (χ0) is 7.98. The maximum atomic E-state index is 3.80. The van der Waals surface area contributed by atoms with Crippen LogP contribution in [-0.4, -0.2) is 50.1 Å². The zero-order valence-corrected chi connectivity index (χ0v) is 7.43. The molecule has 10 heavy (non-hydrogen) atoms. The van der Waals surface area contributed by atoms with Crippen molar-refractivity contribution in [3.8, 4) is 0 Å². The molecule has 0 aliphatic carbocycles. The Labute approximate surface area is 64.8 Å². The molecule has 0 N–H and O–H groups in total. The van der Waals surface area contributed by atoms with Crippen LogP contribution >= 0.6 is 0 Å². The fourth-order valence-corrected chi connectivity index (χ4v) is 0.611. The Morgan fingerprint density at radius 3 is 2.00 bits per heavy atom. The van der Waals surface area contributed by atoms with Crippen molar-refractivity contribution in [1.82, 2.24) is 9.80 Å². The van der Waals surface area contributed by atoms with Crippen LogP contribution in [0, 0.1) is 6.92 Å². The molecule has 0 saturated heterocycles. The molecule has 2 heteroatoms. The predicted octanol–water partition coefficient (Wildman–Crippen LogP) is 0.704. The van der Waals surface area contributed by atoms with Gasteiger partial charge < -0.3 is 9.80 Å². The normalized spacial score (nSPS) is 11.4. The molecule has 0 amide bonds. The maximum absolute atomic E-state index is 3.80. The Bertz CT molecular complexity index is 63.7. The highest BCUT2D eigenvalue weighted by Gasteiger charge is 1.96. The minimum atomic E-state index is 0.900. The van der Waals surface area contributed by atoms with Crippen molar-refractivity contribution < 1.29 is 0 Å². The van der Waals surface area contributed by atoms with E-state index in [2.05, 4.69) is 37.7 Å². The third-order valence-electron chi connectivity index (χ3n) is 1.78. The molecule has 0 spiro atoms. The Morgan fingerprint density at radius 2 is 1.60 bits per heavy atom. The van der Waals surface area contributed by atoms with Crippen molar-refractivity contribution >= 4 is 0 Å². The Kier molecular flexibility index (Phi) is 5.64. The van der Waals surface area contributed by atoms with Gasteiger partial charge in [0.1, 0.15) is 0 Å². The summed E-state index contributed by atoms with van der Waals surface area (Å²) in [4.78, 5) is 4.51. The number of nitrogens with zero attached hydrogens (tertiary/aromatic N) is 2. The molecule has 0 aromatic heterocycles. The second-order valence-corrected chi connectivity index (χ2v) is 2.70. The molecule has 61 valence electrons. The van der Waals surface area contributed by atoms with Crippen LogP contribution in [0.5, 0.6) is 0 Å². The van der Waals surface area contributed by atoms with Crippen molar-refractivity contribution in [2.24, 2.45) is 0 Å². The largest absolute Gasteiger partial charge is 0.305 e. The van der Waals surface area contributed by atoms with E-state index in [1.54, 1.807) is 0 Å². The molecule has 2 nitrogen and oxygen atoms in total. The third kappa shape index (κ3) is 4.77. The zero-order valence-electron chi connectivity index (χ0n) is 7.43. The lowest BCUT2D eigenvalue weighted by atomic mass is 10.5. The topological polar surface area (TPSA) is 6.48 Å². The van der Waals surface area contributed by atoms with Crippen LogP contribution in [0.1, 0.15) is 6.92 Å². The molecule has 0 atom stereocenters. The van der Waals surface area contributed by atoms with Crippen LogP contribution in [-0.2, 0) is 0 Å². The predicted molar refractivity (Wildman–Crippen MR) is 46.0 cm³/mol. The minimum Gasteiger partial charge on any atom is -0.305 e. The minimum absolute atomic E-state index is 0.900. The molecule has 0 aliphatic heterocycles. The molecule has 0 rings (SSSR count). The van der Waals surface area contributed by atoms with Gasteiger partial charge in [0.05, 0.1) is 0 Å². The summed E-state index contributed by atoms with van der Waals surface area (Å²) < 4.78 is 0. The van der Waals surface area contributed by atoms with E-state index in [4.69, 9.17) is 0 Å². The highest BCUT2D eigenvalue weighted by atomic mass is 15.2. The Morgan fingerprint density at radius 1 is 1.10 bits per heavy atom. The summed E-state index contributed by atoms with van der Waals surface area (Å²) in [7, 11) is 4.23. The van der Waals surface area contributed by atoms with Gasteiger partial charge in [-0.05, 0) is 34.1 Å². The summed E-state index contributed by atoms with van der Waals surface area (Å²) in [6.45, 7) is 10.3. The summed E-state index contributed by atoms with van der Waals surface area (Å²) in [6.07, 6.45) is 0. The van der Waals surface area contributed by atoms with Gasteiger partial charge in [0.25, 0.3) is 0 Å². The van der Waals surface area contributed by atoms with Crippen LogP contribution < -0.4 is 0 Å². The van der Waals surface area contributed by atoms with E-state index in [0.29, 0.717) is 0 Å². The summed E-state index contributed by atoms with van der Waals surface area (Å²) >= 11 is 0. The third-order valence-corrected chi connectivity index (χ3v) is 1.78. The second kappa shape index (κ2) is 5.69. The van der Waals surface area contributed by atoms with E-state index in [0.717, 1.165) is 26.2 Å². The quantitative estimate of drug-likeness (QED) is 0.559. The van der Waals surface area contributed by atoms with Gasteiger partial charge in [-0.3, -0.25) is 0 Å². The maximum Gasteiger partial charge on any atom is 0.0106 e. The van der Waals surface area contributed by atoms with Crippen molar-refractivity contribution in [2.45, 2.75) is 6.92 Å². The fraction of sp³-hybridized carbons (Fsp3) is 0.875. The number of rotatable bonds is 5. The lowest BCUT2D eigenvalue weighted by molar-refractivity contribution is 0.278. The van der Waals surface area contributed by atoms with Crippen molar-refractivity contribution in [2.75, 3.05) is 40.3 Å². The van der Waals surface area contributed by atoms with E-state index in [9.17, 15) is 0 Å². The molecule has 1 radical (unpaired) electrons. The first-order valence-electron chi connectivity index (χ1n) is 3.87. The lowest BCUT2D eigenvalue weighted by Gasteiger charge is -2.18. The first-order valence-corrected chi connectivity index (χ1v) is 3.87. The van der Waals surface area contributed by atoms with Gasteiger partial charge in [-0.25, -0.2) is 0 Å². The molecule has 0 aromatic rings. The van der Waals surface area contributed by atoms with E-state index < -0.39 is 0 Å². The second-order valence-electron chi connectivity index (χ2n) is 2.70.